The Morgan fingerprint density at radius 1 is 0.333 bits per heavy atom. The van der Waals surface area contributed by atoms with Gasteiger partial charge in [0.05, 0.1) is 5.69 Å². The Kier molecular flexibility index (Phi) is 8.88. The van der Waals surface area contributed by atoms with Gasteiger partial charge in [0.15, 0.2) is 0 Å². The Labute approximate surface area is 290 Å². The minimum atomic E-state index is 0.102. The summed E-state index contributed by atoms with van der Waals surface area (Å²) in [6.07, 6.45) is 0. The Hall–Kier alpha value is -7.68. The molecule has 0 atom stereocenters. The van der Waals surface area contributed by atoms with Crippen LogP contribution in [0.25, 0.3) is 0 Å². The van der Waals surface area contributed by atoms with Crippen molar-refractivity contribution >= 4 is 64.1 Å². The van der Waals surface area contributed by atoms with Gasteiger partial charge in [-0.1, -0.05) is 18.2 Å². The summed E-state index contributed by atoms with van der Waals surface area (Å²) >= 11 is 0. The number of hydrogen-bond acceptors (Lipinski definition) is 15. The SMILES string of the molecule is Oc1ccc(Nc2nc(Nc3ccc(O)cc3)nc(N(c3ccccc3)c3nc(Nc4ccc(O)cc4)nc(Nc4ccc(O)cc4)n3)n2)cc1. The molecule has 0 bridgehead atoms. The molecule has 8 N–H and O–H groups in total. The molecule has 0 unspecified atom stereocenters. The highest BCUT2D eigenvalue weighted by Gasteiger charge is 2.23. The van der Waals surface area contributed by atoms with Gasteiger partial charge in [-0.15, -0.1) is 0 Å². The maximum Gasteiger partial charge on any atom is 0.243 e. The molecule has 5 aromatic carbocycles. The smallest absolute Gasteiger partial charge is 0.243 e. The van der Waals surface area contributed by atoms with Crippen LogP contribution >= 0.6 is 0 Å². The second-order valence-electron chi connectivity index (χ2n) is 10.9. The highest BCUT2D eigenvalue weighted by Crippen LogP contribution is 2.33. The summed E-state index contributed by atoms with van der Waals surface area (Å²) in [5, 5.41) is 51.9. The summed E-state index contributed by atoms with van der Waals surface area (Å²) < 4.78 is 0. The number of aromatic hydroxyl groups is 4. The van der Waals surface area contributed by atoms with Crippen molar-refractivity contribution < 1.29 is 20.4 Å². The fourth-order valence-corrected chi connectivity index (χ4v) is 4.75. The van der Waals surface area contributed by atoms with Gasteiger partial charge in [0.25, 0.3) is 0 Å². The lowest BCUT2D eigenvalue weighted by Crippen LogP contribution is -2.19. The molecule has 15 heteroatoms. The number of hydrogen-bond donors (Lipinski definition) is 8. The molecule has 2 aromatic heterocycles. The highest BCUT2D eigenvalue weighted by atomic mass is 16.3. The average Bonchev–Trinajstić information content (AvgIpc) is 3.13. The van der Waals surface area contributed by atoms with E-state index in [1.54, 1.807) is 53.4 Å². The molecular formula is C36H29N11O4. The molecule has 0 radical (unpaired) electrons. The summed E-state index contributed by atoms with van der Waals surface area (Å²) in [4.78, 5) is 29.8. The molecule has 2 heterocycles. The predicted octanol–water partition coefficient (Wildman–Crippen LogP) is 7.32. The van der Waals surface area contributed by atoms with Crippen LogP contribution in [0.4, 0.5) is 64.1 Å². The standard InChI is InChI=1S/C36H29N11O4/c48-27-14-6-22(7-15-27)37-31-41-32(38-23-8-16-28(49)17-9-23)44-35(43-31)47(26-4-2-1-3-5-26)36-45-33(39-24-10-18-29(50)19-11-24)42-34(46-36)40-25-12-20-30(51)21-13-25/h1-21,48-51H,(H2,37,38,41,43,44)(H2,39,40,42,45,46). The van der Waals surface area contributed by atoms with E-state index >= 15 is 0 Å². The summed E-state index contributed by atoms with van der Waals surface area (Å²) in [6, 6.07) is 34.9. The van der Waals surface area contributed by atoms with Crippen LogP contribution in [0, 0.1) is 0 Å². The molecule has 0 amide bonds. The zero-order valence-electron chi connectivity index (χ0n) is 26.5. The topological polar surface area (TPSA) is 210 Å². The summed E-state index contributed by atoms with van der Waals surface area (Å²) in [6.45, 7) is 0. The number of para-hydroxylation sites is 1. The van der Waals surface area contributed by atoms with Gasteiger partial charge in [-0.25, -0.2) is 4.90 Å². The van der Waals surface area contributed by atoms with Crippen LogP contribution in [0.15, 0.2) is 127 Å². The molecule has 252 valence electrons. The van der Waals surface area contributed by atoms with Crippen LogP contribution in [-0.4, -0.2) is 50.3 Å². The zero-order chi connectivity index (χ0) is 35.2. The first-order valence-electron chi connectivity index (χ1n) is 15.4. The van der Waals surface area contributed by atoms with Crippen LogP contribution in [0.1, 0.15) is 0 Å². The zero-order valence-corrected chi connectivity index (χ0v) is 26.5. The predicted molar refractivity (Wildman–Crippen MR) is 193 cm³/mol. The van der Waals surface area contributed by atoms with Crippen molar-refractivity contribution in [1.82, 2.24) is 29.9 Å². The van der Waals surface area contributed by atoms with Crippen molar-refractivity contribution in [2.24, 2.45) is 0 Å². The average molecular weight is 680 g/mol. The van der Waals surface area contributed by atoms with Gasteiger partial charge in [0.2, 0.25) is 35.7 Å². The number of nitrogens with one attached hydrogen (secondary N) is 4. The van der Waals surface area contributed by atoms with Crippen LogP contribution < -0.4 is 26.2 Å². The van der Waals surface area contributed by atoms with Gasteiger partial charge in [0.1, 0.15) is 23.0 Å². The van der Waals surface area contributed by atoms with Crippen LogP contribution in [-0.2, 0) is 0 Å². The summed E-state index contributed by atoms with van der Waals surface area (Å²) in [5.41, 5.74) is 3.02. The van der Waals surface area contributed by atoms with E-state index in [-0.39, 0.29) is 58.7 Å². The van der Waals surface area contributed by atoms with Crippen molar-refractivity contribution in [1.29, 1.82) is 0 Å². The fourth-order valence-electron chi connectivity index (χ4n) is 4.75. The molecule has 0 spiro atoms. The largest absolute Gasteiger partial charge is 0.508 e. The molecule has 51 heavy (non-hydrogen) atoms. The Morgan fingerprint density at radius 2 is 0.608 bits per heavy atom. The molecular weight excluding hydrogens is 650 g/mol. The number of anilines is 11. The van der Waals surface area contributed by atoms with Gasteiger partial charge >= 0.3 is 0 Å². The normalized spacial score (nSPS) is 10.7. The second kappa shape index (κ2) is 14.2. The molecule has 15 nitrogen and oxygen atoms in total. The van der Waals surface area contributed by atoms with Gasteiger partial charge in [-0.2, -0.15) is 29.9 Å². The summed E-state index contributed by atoms with van der Waals surface area (Å²) in [7, 11) is 0. The molecule has 0 aliphatic rings. The summed E-state index contributed by atoms with van der Waals surface area (Å²) in [5.74, 6) is 1.29. The molecule has 0 fully saturated rings. The van der Waals surface area contributed by atoms with Gasteiger partial charge in [-0.3, -0.25) is 0 Å². The Balaban J connectivity index is 1.37. The van der Waals surface area contributed by atoms with Crippen molar-refractivity contribution in [3.8, 4) is 23.0 Å². The van der Waals surface area contributed by atoms with Crippen molar-refractivity contribution in [3.63, 3.8) is 0 Å². The third kappa shape index (κ3) is 8.07. The van der Waals surface area contributed by atoms with E-state index < -0.39 is 0 Å². The maximum atomic E-state index is 9.82. The van der Waals surface area contributed by atoms with Crippen LogP contribution in [0.5, 0.6) is 23.0 Å². The third-order valence-corrected chi connectivity index (χ3v) is 7.16. The molecule has 7 aromatic rings. The third-order valence-electron chi connectivity index (χ3n) is 7.16. The van der Waals surface area contributed by atoms with Crippen molar-refractivity contribution in [2.45, 2.75) is 0 Å². The number of aromatic nitrogens is 6. The minimum Gasteiger partial charge on any atom is -0.508 e. The van der Waals surface area contributed by atoms with Crippen molar-refractivity contribution in [2.75, 3.05) is 26.2 Å². The van der Waals surface area contributed by atoms with E-state index in [9.17, 15) is 20.4 Å². The van der Waals surface area contributed by atoms with Crippen molar-refractivity contribution in [3.05, 3.63) is 127 Å². The number of phenolic OH excluding ortho intramolecular Hbond substituents is 4. The Bertz CT molecular complexity index is 1970. The molecule has 0 aliphatic heterocycles. The Morgan fingerprint density at radius 3 is 0.882 bits per heavy atom. The molecule has 0 aliphatic carbocycles. The second-order valence-corrected chi connectivity index (χ2v) is 10.9. The molecule has 7 rings (SSSR count). The van der Waals surface area contributed by atoms with E-state index in [2.05, 4.69) is 31.2 Å². The van der Waals surface area contributed by atoms with E-state index in [1.165, 1.54) is 48.5 Å². The van der Waals surface area contributed by atoms with Gasteiger partial charge < -0.3 is 41.7 Å². The van der Waals surface area contributed by atoms with E-state index in [0.29, 0.717) is 28.4 Å². The van der Waals surface area contributed by atoms with E-state index in [0.717, 1.165) is 0 Å². The number of rotatable bonds is 11. The number of nitrogens with zero attached hydrogens (tertiary/aromatic N) is 7. The van der Waals surface area contributed by atoms with E-state index in [4.69, 9.17) is 19.9 Å². The quantitative estimate of drug-likeness (QED) is 0.0630. The highest BCUT2D eigenvalue weighted by molar-refractivity contribution is 5.72. The van der Waals surface area contributed by atoms with Crippen LogP contribution in [0.2, 0.25) is 0 Å². The molecule has 0 saturated carbocycles. The minimum absolute atomic E-state index is 0.102. The maximum absolute atomic E-state index is 9.82. The first-order chi connectivity index (χ1) is 24.8. The van der Waals surface area contributed by atoms with Gasteiger partial charge in [-0.05, 0) is 109 Å². The molecule has 0 saturated heterocycles. The van der Waals surface area contributed by atoms with Crippen LogP contribution in [0.3, 0.4) is 0 Å². The first-order valence-corrected chi connectivity index (χ1v) is 15.4. The monoisotopic (exact) mass is 679 g/mol. The lowest BCUT2D eigenvalue weighted by molar-refractivity contribution is 0.475. The lowest BCUT2D eigenvalue weighted by Gasteiger charge is -2.23. The van der Waals surface area contributed by atoms with Gasteiger partial charge in [0, 0.05) is 22.7 Å². The van der Waals surface area contributed by atoms with E-state index in [1.807, 2.05) is 30.3 Å². The number of phenols is 4. The fraction of sp³-hybridized carbons (Fsp3) is 0. The number of benzene rings is 5. The lowest BCUT2D eigenvalue weighted by atomic mass is 10.3. The first kappa shape index (κ1) is 31.9.